The highest BCUT2D eigenvalue weighted by atomic mass is 16.5. The van der Waals surface area contributed by atoms with Gasteiger partial charge in [0.15, 0.2) is 0 Å². The van der Waals surface area contributed by atoms with E-state index in [4.69, 9.17) is 4.74 Å². The monoisotopic (exact) mass is 248 g/mol. The SMILES string of the molecule is COc1ccccc1NC(=O)[C@H]1CCCCCN1. The molecule has 4 nitrogen and oxygen atoms in total. The molecule has 0 aromatic heterocycles. The first kappa shape index (κ1) is 12.9. The molecule has 0 bridgehead atoms. The van der Waals surface area contributed by atoms with Crippen LogP contribution in [0.25, 0.3) is 0 Å². The highest BCUT2D eigenvalue weighted by Gasteiger charge is 2.20. The number of benzene rings is 1. The summed E-state index contributed by atoms with van der Waals surface area (Å²) in [5.74, 6) is 0.723. The molecule has 1 aromatic rings. The van der Waals surface area contributed by atoms with Gasteiger partial charge in [-0.15, -0.1) is 0 Å². The van der Waals surface area contributed by atoms with Gasteiger partial charge in [-0.2, -0.15) is 0 Å². The zero-order chi connectivity index (χ0) is 12.8. The molecule has 1 aromatic carbocycles. The Morgan fingerprint density at radius 3 is 3.00 bits per heavy atom. The maximum absolute atomic E-state index is 12.2. The number of para-hydroxylation sites is 2. The minimum Gasteiger partial charge on any atom is -0.495 e. The van der Waals surface area contributed by atoms with Crippen LogP contribution in [0, 0.1) is 0 Å². The zero-order valence-electron chi connectivity index (χ0n) is 10.7. The van der Waals surface area contributed by atoms with Crippen LogP contribution in [0.2, 0.25) is 0 Å². The van der Waals surface area contributed by atoms with E-state index in [-0.39, 0.29) is 11.9 Å². The van der Waals surface area contributed by atoms with Crippen LogP contribution in [0.5, 0.6) is 5.75 Å². The third-order valence-corrected chi connectivity index (χ3v) is 3.24. The lowest BCUT2D eigenvalue weighted by Gasteiger charge is -2.16. The Morgan fingerprint density at radius 2 is 2.17 bits per heavy atom. The summed E-state index contributed by atoms with van der Waals surface area (Å²) in [5.41, 5.74) is 0.732. The molecule has 18 heavy (non-hydrogen) atoms. The molecule has 1 aliphatic heterocycles. The van der Waals surface area contributed by atoms with Crippen molar-refractivity contribution in [2.75, 3.05) is 19.0 Å². The summed E-state index contributed by atoms with van der Waals surface area (Å²) >= 11 is 0. The van der Waals surface area contributed by atoms with E-state index >= 15 is 0 Å². The Kier molecular flexibility index (Phi) is 4.59. The van der Waals surface area contributed by atoms with Crippen molar-refractivity contribution in [3.05, 3.63) is 24.3 Å². The van der Waals surface area contributed by atoms with Gasteiger partial charge in [0.05, 0.1) is 18.8 Å². The standard InChI is InChI=1S/C14H20N2O2/c1-18-13-9-5-4-7-11(13)16-14(17)12-8-3-2-6-10-15-12/h4-5,7,9,12,15H,2-3,6,8,10H2,1H3,(H,16,17)/t12-/m1/s1. The molecule has 98 valence electrons. The fourth-order valence-corrected chi connectivity index (χ4v) is 2.22. The average Bonchev–Trinajstić information content (AvgIpc) is 2.68. The smallest absolute Gasteiger partial charge is 0.241 e. The molecule has 0 saturated carbocycles. The van der Waals surface area contributed by atoms with E-state index in [2.05, 4.69) is 10.6 Å². The van der Waals surface area contributed by atoms with E-state index < -0.39 is 0 Å². The molecule has 1 amide bonds. The third-order valence-electron chi connectivity index (χ3n) is 3.24. The Labute approximate surface area is 108 Å². The Bertz CT molecular complexity index is 399. The van der Waals surface area contributed by atoms with Gasteiger partial charge in [-0.25, -0.2) is 0 Å². The first-order valence-corrected chi connectivity index (χ1v) is 6.48. The largest absolute Gasteiger partial charge is 0.495 e. The predicted molar refractivity (Wildman–Crippen MR) is 71.9 cm³/mol. The minimum atomic E-state index is -0.0857. The summed E-state index contributed by atoms with van der Waals surface area (Å²) < 4.78 is 5.22. The average molecular weight is 248 g/mol. The molecular formula is C14H20N2O2. The molecule has 4 heteroatoms. The number of hydrogen-bond donors (Lipinski definition) is 2. The molecule has 1 saturated heterocycles. The number of nitrogens with one attached hydrogen (secondary N) is 2. The lowest BCUT2D eigenvalue weighted by Crippen LogP contribution is -2.39. The molecule has 1 fully saturated rings. The lowest BCUT2D eigenvalue weighted by molar-refractivity contribution is -0.118. The number of amides is 1. The van der Waals surface area contributed by atoms with Crippen molar-refractivity contribution >= 4 is 11.6 Å². The molecule has 0 radical (unpaired) electrons. The second kappa shape index (κ2) is 6.40. The van der Waals surface area contributed by atoms with E-state index in [0.717, 1.165) is 31.5 Å². The molecule has 1 atom stereocenters. The van der Waals surface area contributed by atoms with E-state index in [1.807, 2.05) is 24.3 Å². The van der Waals surface area contributed by atoms with Gasteiger partial charge in [-0.05, 0) is 31.5 Å². The van der Waals surface area contributed by atoms with Gasteiger partial charge in [0.2, 0.25) is 5.91 Å². The Morgan fingerprint density at radius 1 is 1.33 bits per heavy atom. The highest BCUT2D eigenvalue weighted by Crippen LogP contribution is 2.23. The van der Waals surface area contributed by atoms with E-state index in [0.29, 0.717) is 5.75 Å². The van der Waals surface area contributed by atoms with Crippen LogP contribution >= 0.6 is 0 Å². The normalized spacial score (nSPS) is 19.9. The van der Waals surface area contributed by atoms with Crippen LogP contribution in [0.1, 0.15) is 25.7 Å². The fraction of sp³-hybridized carbons (Fsp3) is 0.500. The van der Waals surface area contributed by atoms with Gasteiger partial charge in [0.1, 0.15) is 5.75 Å². The fourth-order valence-electron chi connectivity index (χ4n) is 2.22. The van der Waals surface area contributed by atoms with Gasteiger partial charge in [-0.1, -0.05) is 25.0 Å². The molecule has 2 rings (SSSR count). The molecule has 0 unspecified atom stereocenters. The van der Waals surface area contributed by atoms with E-state index in [9.17, 15) is 4.79 Å². The van der Waals surface area contributed by atoms with Crippen molar-refractivity contribution in [1.82, 2.24) is 5.32 Å². The number of carbonyl (C=O) groups is 1. The summed E-state index contributed by atoms with van der Waals surface area (Å²) in [6.45, 7) is 0.921. The van der Waals surface area contributed by atoms with Gasteiger partial charge in [0.25, 0.3) is 0 Å². The molecular weight excluding hydrogens is 228 g/mol. The van der Waals surface area contributed by atoms with Crippen LogP contribution in [0.3, 0.4) is 0 Å². The minimum absolute atomic E-state index is 0.0291. The quantitative estimate of drug-likeness (QED) is 0.862. The predicted octanol–water partition coefficient (Wildman–Crippen LogP) is 2.17. The molecule has 2 N–H and O–H groups in total. The first-order valence-electron chi connectivity index (χ1n) is 6.48. The van der Waals surface area contributed by atoms with Crippen molar-refractivity contribution in [1.29, 1.82) is 0 Å². The molecule has 1 aliphatic rings. The van der Waals surface area contributed by atoms with Crippen molar-refractivity contribution in [2.24, 2.45) is 0 Å². The first-order chi connectivity index (χ1) is 8.81. The van der Waals surface area contributed by atoms with Crippen LogP contribution in [-0.4, -0.2) is 25.6 Å². The van der Waals surface area contributed by atoms with Gasteiger partial charge < -0.3 is 15.4 Å². The Hall–Kier alpha value is -1.55. The highest BCUT2D eigenvalue weighted by molar-refractivity contribution is 5.96. The van der Waals surface area contributed by atoms with Crippen LogP contribution in [-0.2, 0) is 4.79 Å². The third kappa shape index (κ3) is 3.23. The van der Waals surface area contributed by atoms with Crippen LogP contribution in [0.4, 0.5) is 5.69 Å². The summed E-state index contributed by atoms with van der Waals surface area (Å²) in [4.78, 5) is 12.2. The maximum atomic E-state index is 12.2. The topological polar surface area (TPSA) is 50.4 Å². The number of anilines is 1. The number of rotatable bonds is 3. The summed E-state index contributed by atoms with van der Waals surface area (Å²) in [6.07, 6.45) is 4.36. The van der Waals surface area contributed by atoms with Gasteiger partial charge in [-0.3, -0.25) is 4.79 Å². The van der Waals surface area contributed by atoms with Crippen molar-refractivity contribution < 1.29 is 9.53 Å². The lowest BCUT2D eigenvalue weighted by atomic mass is 10.1. The van der Waals surface area contributed by atoms with Gasteiger partial charge >= 0.3 is 0 Å². The second-order valence-electron chi connectivity index (χ2n) is 4.55. The van der Waals surface area contributed by atoms with Crippen LogP contribution in [0.15, 0.2) is 24.3 Å². The van der Waals surface area contributed by atoms with Crippen LogP contribution < -0.4 is 15.4 Å². The van der Waals surface area contributed by atoms with E-state index in [1.54, 1.807) is 7.11 Å². The van der Waals surface area contributed by atoms with Crippen molar-refractivity contribution in [2.45, 2.75) is 31.7 Å². The van der Waals surface area contributed by atoms with Crippen molar-refractivity contribution in [3.63, 3.8) is 0 Å². The molecule has 0 aliphatic carbocycles. The molecule has 0 spiro atoms. The van der Waals surface area contributed by atoms with Crippen molar-refractivity contribution in [3.8, 4) is 5.75 Å². The zero-order valence-corrected chi connectivity index (χ0v) is 10.7. The van der Waals surface area contributed by atoms with Gasteiger partial charge in [0, 0.05) is 0 Å². The number of ether oxygens (including phenoxy) is 1. The summed E-state index contributed by atoms with van der Waals surface area (Å²) in [5, 5.41) is 6.22. The molecule has 1 heterocycles. The maximum Gasteiger partial charge on any atom is 0.241 e. The summed E-state index contributed by atoms with van der Waals surface area (Å²) in [7, 11) is 1.61. The second-order valence-corrected chi connectivity index (χ2v) is 4.55. The summed E-state index contributed by atoms with van der Waals surface area (Å²) in [6, 6.07) is 7.39. The number of carbonyl (C=O) groups excluding carboxylic acids is 1. The number of hydrogen-bond acceptors (Lipinski definition) is 3. The van der Waals surface area contributed by atoms with E-state index in [1.165, 1.54) is 6.42 Å². The Balaban J connectivity index is 2.01. The number of methoxy groups -OCH3 is 1.